The number of anilines is 2. The van der Waals surface area contributed by atoms with Gasteiger partial charge in [-0.1, -0.05) is 17.7 Å². The third kappa shape index (κ3) is 6.27. The fourth-order valence-electron chi connectivity index (χ4n) is 3.33. The number of amides is 1. The topological polar surface area (TPSA) is 86.3 Å². The van der Waals surface area contributed by atoms with Crippen LogP contribution in [0.2, 0.25) is 5.02 Å². The Bertz CT molecular complexity index is 977. The van der Waals surface area contributed by atoms with E-state index < -0.39 is 29.9 Å². The van der Waals surface area contributed by atoms with E-state index in [1.807, 2.05) is 13.8 Å². The normalized spacial score (nSPS) is 13.4. The van der Waals surface area contributed by atoms with E-state index in [4.69, 9.17) is 30.5 Å². The first-order chi connectivity index (χ1) is 15.9. The second kappa shape index (κ2) is 11.7. The van der Waals surface area contributed by atoms with E-state index in [1.165, 1.54) is 12.1 Å². The summed E-state index contributed by atoms with van der Waals surface area (Å²) in [6, 6.07) is 7.30. The molecule has 8 nitrogen and oxygen atoms in total. The molecular weight excluding hydrogens is 455 g/mol. The van der Waals surface area contributed by atoms with Gasteiger partial charge in [0.2, 0.25) is 0 Å². The van der Waals surface area contributed by atoms with Crippen LogP contribution in [-0.4, -0.2) is 58.0 Å². The van der Waals surface area contributed by atoms with Crippen LogP contribution in [0.5, 0.6) is 11.5 Å². The van der Waals surface area contributed by atoms with E-state index in [0.29, 0.717) is 56.7 Å². The predicted molar refractivity (Wildman–Crippen MR) is 122 cm³/mol. The molecule has 3 rings (SSSR count). The summed E-state index contributed by atoms with van der Waals surface area (Å²) in [5.41, 5.74) is 0.778. The summed E-state index contributed by atoms with van der Waals surface area (Å²) in [7, 11) is 0. The summed E-state index contributed by atoms with van der Waals surface area (Å²) in [5, 5.41) is 2.57. The molecule has 0 radical (unpaired) electrons. The zero-order chi connectivity index (χ0) is 23.8. The van der Waals surface area contributed by atoms with Crippen molar-refractivity contribution in [1.82, 2.24) is 0 Å². The van der Waals surface area contributed by atoms with Crippen molar-refractivity contribution in [3.63, 3.8) is 0 Å². The summed E-state index contributed by atoms with van der Waals surface area (Å²) in [5.74, 6) is -1.46. The lowest BCUT2D eigenvalue weighted by molar-refractivity contribution is -0.119. The lowest BCUT2D eigenvalue weighted by atomic mass is 10.2. The average molecular weight is 481 g/mol. The molecule has 1 N–H and O–H groups in total. The number of hydrogen-bond acceptors (Lipinski definition) is 7. The minimum absolute atomic E-state index is 0.0981. The smallest absolute Gasteiger partial charge is 0.343 e. The Morgan fingerprint density at radius 1 is 1.12 bits per heavy atom. The predicted octanol–water partition coefficient (Wildman–Crippen LogP) is 3.91. The maximum Gasteiger partial charge on any atom is 0.343 e. The van der Waals surface area contributed by atoms with Gasteiger partial charge in [0.15, 0.2) is 6.61 Å². The van der Waals surface area contributed by atoms with Crippen molar-refractivity contribution < 1.29 is 32.9 Å². The Hall–Kier alpha value is -3.04. The third-order valence-corrected chi connectivity index (χ3v) is 5.10. The Balaban J connectivity index is 1.76. The first-order valence-electron chi connectivity index (χ1n) is 10.6. The minimum Gasteiger partial charge on any atom is -0.492 e. The third-order valence-electron chi connectivity index (χ3n) is 4.79. The molecule has 1 fully saturated rings. The number of benzene rings is 2. The second-order valence-corrected chi connectivity index (χ2v) is 7.41. The van der Waals surface area contributed by atoms with Crippen LogP contribution in [0.4, 0.5) is 15.8 Å². The van der Waals surface area contributed by atoms with Gasteiger partial charge in [-0.25, -0.2) is 9.18 Å². The zero-order valence-electron chi connectivity index (χ0n) is 18.5. The first-order valence-corrected chi connectivity index (χ1v) is 11.0. The molecule has 1 aliphatic heterocycles. The lowest BCUT2D eigenvalue weighted by Crippen LogP contribution is -2.36. The standard InChI is InChI=1S/C23H26ClFN2O6/c1-3-31-19-13-18(27-8-10-30-11-9-27)20(32-4-2)12-17(19)26-21(28)14-33-23(29)22-15(24)6-5-7-16(22)25/h5-7,12-13H,3-4,8-11,14H2,1-2H3,(H,26,28). The summed E-state index contributed by atoms with van der Waals surface area (Å²) in [4.78, 5) is 26.8. The van der Waals surface area contributed by atoms with Crippen LogP contribution in [0, 0.1) is 5.82 Å². The highest BCUT2D eigenvalue weighted by Crippen LogP contribution is 2.39. The maximum absolute atomic E-state index is 13.9. The number of carbonyl (C=O) groups excluding carboxylic acids is 2. The van der Waals surface area contributed by atoms with Gasteiger partial charge in [0.25, 0.3) is 5.91 Å². The zero-order valence-corrected chi connectivity index (χ0v) is 19.2. The van der Waals surface area contributed by atoms with Gasteiger partial charge < -0.3 is 29.2 Å². The lowest BCUT2D eigenvalue weighted by Gasteiger charge is -2.31. The highest BCUT2D eigenvalue weighted by atomic mass is 35.5. The summed E-state index contributed by atoms with van der Waals surface area (Å²) < 4.78 is 35.8. The maximum atomic E-state index is 13.9. The van der Waals surface area contributed by atoms with Gasteiger partial charge in [-0.2, -0.15) is 0 Å². The second-order valence-electron chi connectivity index (χ2n) is 7.00. The van der Waals surface area contributed by atoms with E-state index in [1.54, 1.807) is 12.1 Å². The minimum atomic E-state index is -1.03. The van der Waals surface area contributed by atoms with Crippen LogP contribution in [0.15, 0.2) is 30.3 Å². The number of ether oxygens (including phenoxy) is 4. The molecule has 2 aromatic carbocycles. The number of esters is 1. The fourth-order valence-corrected chi connectivity index (χ4v) is 3.57. The number of morpholine rings is 1. The van der Waals surface area contributed by atoms with Crippen molar-refractivity contribution in [1.29, 1.82) is 0 Å². The Labute approximate surface area is 196 Å². The number of nitrogens with one attached hydrogen (secondary N) is 1. The molecule has 1 saturated heterocycles. The number of carbonyl (C=O) groups is 2. The highest BCUT2D eigenvalue weighted by Gasteiger charge is 2.22. The SMILES string of the molecule is CCOc1cc(N2CCOCC2)c(OCC)cc1NC(=O)COC(=O)c1c(F)cccc1Cl. The molecule has 0 atom stereocenters. The molecule has 33 heavy (non-hydrogen) atoms. The van der Waals surface area contributed by atoms with Gasteiger partial charge >= 0.3 is 5.97 Å². The van der Waals surface area contributed by atoms with Crippen molar-refractivity contribution in [3.05, 3.63) is 46.7 Å². The fraction of sp³-hybridized carbons (Fsp3) is 0.391. The van der Waals surface area contributed by atoms with Gasteiger partial charge in [0.1, 0.15) is 22.9 Å². The van der Waals surface area contributed by atoms with E-state index in [9.17, 15) is 14.0 Å². The number of hydrogen-bond donors (Lipinski definition) is 1. The molecule has 2 aromatic rings. The van der Waals surface area contributed by atoms with E-state index in [0.717, 1.165) is 11.8 Å². The van der Waals surface area contributed by atoms with Gasteiger partial charge in [-0.3, -0.25) is 4.79 Å². The molecule has 0 spiro atoms. The van der Waals surface area contributed by atoms with Crippen molar-refractivity contribution in [2.45, 2.75) is 13.8 Å². The van der Waals surface area contributed by atoms with Crippen LogP contribution in [0.25, 0.3) is 0 Å². The molecule has 10 heteroatoms. The monoisotopic (exact) mass is 480 g/mol. The van der Waals surface area contributed by atoms with Gasteiger partial charge in [0.05, 0.1) is 42.8 Å². The van der Waals surface area contributed by atoms with Crippen LogP contribution in [-0.2, 0) is 14.3 Å². The molecule has 1 amide bonds. The Morgan fingerprint density at radius 2 is 1.82 bits per heavy atom. The van der Waals surface area contributed by atoms with Crippen molar-refractivity contribution in [2.24, 2.45) is 0 Å². The van der Waals surface area contributed by atoms with Gasteiger partial charge in [0, 0.05) is 25.2 Å². The first kappa shape index (κ1) is 24.6. The molecule has 178 valence electrons. The van der Waals surface area contributed by atoms with Crippen LogP contribution in [0.1, 0.15) is 24.2 Å². The average Bonchev–Trinajstić information content (AvgIpc) is 2.80. The quantitative estimate of drug-likeness (QED) is 0.544. The van der Waals surface area contributed by atoms with Crippen molar-refractivity contribution in [3.8, 4) is 11.5 Å². The van der Waals surface area contributed by atoms with Crippen molar-refractivity contribution >= 4 is 34.9 Å². The molecule has 0 aliphatic carbocycles. The van der Waals surface area contributed by atoms with Crippen LogP contribution >= 0.6 is 11.6 Å². The number of halogens is 2. The summed E-state index contributed by atoms with van der Waals surface area (Å²) in [6.07, 6.45) is 0. The summed E-state index contributed by atoms with van der Waals surface area (Å²) in [6.45, 7) is 6.47. The largest absolute Gasteiger partial charge is 0.492 e. The van der Waals surface area contributed by atoms with Crippen LogP contribution in [0.3, 0.4) is 0 Å². The summed E-state index contributed by atoms with van der Waals surface area (Å²) >= 11 is 5.87. The Kier molecular flexibility index (Phi) is 8.73. The Morgan fingerprint density at radius 3 is 2.48 bits per heavy atom. The molecule has 1 heterocycles. The van der Waals surface area contributed by atoms with Gasteiger partial charge in [-0.15, -0.1) is 0 Å². The van der Waals surface area contributed by atoms with E-state index >= 15 is 0 Å². The van der Waals surface area contributed by atoms with E-state index in [2.05, 4.69) is 10.2 Å². The van der Waals surface area contributed by atoms with Crippen molar-refractivity contribution in [2.75, 3.05) is 56.3 Å². The molecule has 0 unspecified atom stereocenters. The van der Waals surface area contributed by atoms with Gasteiger partial charge in [-0.05, 0) is 26.0 Å². The highest BCUT2D eigenvalue weighted by molar-refractivity contribution is 6.33. The number of rotatable bonds is 9. The molecule has 1 aliphatic rings. The number of nitrogens with zero attached hydrogens (tertiary/aromatic N) is 1. The van der Waals surface area contributed by atoms with Crippen LogP contribution < -0.4 is 19.7 Å². The molecule has 0 bridgehead atoms. The molecule has 0 aromatic heterocycles. The molecule has 0 saturated carbocycles. The van der Waals surface area contributed by atoms with E-state index in [-0.39, 0.29) is 5.02 Å². The molecular formula is C23H26ClFN2O6.